The van der Waals surface area contributed by atoms with Crippen molar-refractivity contribution in [2.45, 2.75) is 52.9 Å². The normalized spacial score (nSPS) is 13.9. The van der Waals surface area contributed by atoms with Crippen LogP contribution in [0.25, 0.3) is 0 Å². The lowest BCUT2D eigenvalue weighted by Gasteiger charge is -2.35. The third-order valence-electron chi connectivity index (χ3n) is 3.77. The zero-order chi connectivity index (χ0) is 20.1. The van der Waals surface area contributed by atoms with E-state index in [0.29, 0.717) is 0 Å². The van der Waals surface area contributed by atoms with Crippen LogP contribution in [0.1, 0.15) is 38.3 Å². The van der Waals surface area contributed by atoms with E-state index in [2.05, 4.69) is 10.1 Å². The number of anilines is 1. The number of carbonyl (C=O) groups excluding carboxylic acids is 2. The molecule has 0 aliphatic heterocycles. The Kier molecular flexibility index (Phi) is 7.06. The van der Waals surface area contributed by atoms with E-state index >= 15 is 0 Å². The van der Waals surface area contributed by atoms with Gasteiger partial charge in [0.25, 0.3) is 0 Å². The number of amides is 1. The molecule has 0 aliphatic rings. The van der Waals surface area contributed by atoms with E-state index < -0.39 is 23.7 Å². The summed E-state index contributed by atoms with van der Waals surface area (Å²) in [5, 5.41) is 3.98. The SMILES string of the molecule is CCOC(=O)[C@@](NC(=O)CC(C)C)(Nc1ccc(C)c(C)c1)C(F)(F)F. The number of rotatable bonds is 7. The van der Waals surface area contributed by atoms with Crippen molar-refractivity contribution in [1.82, 2.24) is 5.32 Å². The van der Waals surface area contributed by atoms with Crippen molar-refractivity contribution in [2.24, 2.45) is 5.92 Å². The third-order valence-corrected chi connectivity index (χ3v) is 3.77. The van der Waals surface area contributed by atoms with Gasteiger partial charge in [-0.25, -0.2) is 4.79 Å². The number of esters is 1. The van der Waals surface area contributed by atoms with Crippen LogP contribution in [0.3, 0.4) is 0 Å². The molecule has 8 heteroatoms. The number of aryl methyl sites for hydroxylation is 2. The first kappa shape index (κ1) is 21.8. The van der Waals surface area contributed by atoms with Gasteiger partial charge in [-0.1, -0.05) is 19.9 Å². The van der Waals surface area contributed by atoms with Crippen molar-refractivity contribution in [1.29, 1.82) is 0 Å². The van der Waals surface area contributed by atoms with Crippen LogP contribution in [0, 0.1) is 19.8 Å². The summed E-state index contributed by atoms with van der Waals surface area (Å²) in [6.45, 7) is 8.06. The minimum atomic E-state index is -5.12. The summed E-state index contributed by atoms with van der Waals surface area (Å²) in [6, 6.07) is 4.51. The van der Waals surface area contributed by atoms with Crippen LogP contribution in [-0.4, -0.2) is 30.3 Å². The Morgan fingerprint density at radius 1 is 1.15 bits per heavy atom. The van der Waals surface area contributed by atoms with E-state index in [1.807, 2.05) is 12.2 Å². The number of hydrogen-bond acceptors (Lipinski definition) is 4. The Morgan fingerprint density at radius 2 is 1.77 bits per heavy atom. The fraction of sp³-hybridized carbons (Fsp3) is 0.556. The van der Waals surface area contributed by atoms with E-state index in [0.717, 1.165) is 11.1 Å². The van der Waals surface area contributed by atoms with Crippen LogP contribution in [0.2, 0.25) is 0 Å². The molecule has 0 aliphatic carbocycles. The first-order valence-electron chi connectivity index (χ1n) is 8.33. The summed E-state index contributed by atoms with van der Waals surface area (Å²) in [5.74, 6) is -2.69. The number of benzene rings is 1. The monoisotopic (exact) mass is 374 g/mol. The Balaban J connectivity index is 3.38. The fourth-order valence-electron chi connectivity index (χ4n) is 2.30. The molecule has 0 saturated carbocycles. The first-order valence-corrected chi connectivity index (χ1v) is 8.33. The van der Waals surface area contributed by atoms with Crippen LogP contribution < -0.4 is 10.6 Å². The van der Waals surface area contributed by atoms with E-state index in [1.165, 1.54) is 19.1 Å². The van der Waals surface area contributed by atoms with Gasteiger partial charge in [-0.05, 0) is 49.9 Å². The summed E-state index contributed by atoms with van der Waals surface area (Å²) in [4.78, 5) is 24.3. The summed E-state index contributed by atoms with van der Waals surface area (Å²) < 4.78 is 46.4. The largest absolute Gasteiger partial charge is 0.463 e. The maximum absolute atomic E-state index is 13.9. The maximum Gasteiger partial charge on any atom is 0.441 e. The van der Waals surface area contributed by atoms with Gasteiger partial charge in [0.15, 0.2) is 0 Å². The average Bonchev–Trinajstić information content (AvgIpc) is 2.48. The quantitative estimate of drug-likeness (QED) is 0.564. The molecule has 1 aromatic carbocycles. The number of halogens is 3. The summed E-state index contributed by atoms with van der Waals surface area (Å²) in [7, 11) is 0. The highest BCUT2D eigenvalue weighted by Crippen LogP contribution is 2.34. The fourth-order valence-corrected chi connectivity index (χ4v) is 2.30. The second kappa shape index (κ2) is 8.42. The third kappa shape index (κ3) is 5.12. The van der Waals surface area contributed by atoms with Gasteiger partial charge in [-0.15, -0.1) is 0 Å². The summed E-state index contributed by atoms with van der Waals surface area (Å²) >= 11 is 0. The molecule has 0 spiro atoms. The smallest absolute Gasteiger partial charge is 0.441 e. The molecule has 1 aromatic rings. The Morgan fingerprint density at radius 3 is 2.23 bits per heavy atom. The highest BCUT2D eigenvalue weighted by atomic mass is 19.4. The lowest BCUT2D eigenvalue weighted by Crippen LogP contribution is -2.69. The molecule has 0 bridgehead atoms. The summed E-state index contributed by atoms with van der Waals surface area (Å²) in [5.41, 5.74) is -1.70. The molecule has 0 heterocycles. The minimum Gasteiger partial charge on any atom is -0.463 e. The van der Waals surface area contributed by atoms with Gasteiger partial charge in [-0.3, -0.25) is 4.79 Å². The molecule has 0 unspecified atom stereocenters. The van der Waals surface area contributed by atoms with Gasteiger partial charge in [-0.2, -0.15) is 13.2 Å². The number of alkyl halides is 3. The van der Waals surface area contributed by atoms with Crippen LogP contribution in [0.5, 0.6) is 0 Å². The van der Waals surface area contributed by atoms with E-state index in [-0.39, 0.29) is 24.6 Å². The first-order chi connectivity index (χ1) is 11.9. The molecular formula is C18H25F3N2O3. The van der Waals surface area contributed by atoms with E-state index in [4.69, 9.17) is 0 Å². The molecule has 0 aromatic heterocycles. The van der Waals surface area contributed by atoms with E-state index in [1.54, 1.807) is 26.8 Å². The van der Waals surface area contributed by atoms with Crippen LogP contribution in [0.15, 0.2) is 18.2 Å². The number of carbonyl (C=O) groups is 2. The summed E-state index contributed by atoms with van der Waals surface area (Å²) in [6.07, 6.45) is -5.28. The molecule has 1 amide bonds. The molecule has 0 radical (unpaired) electrons. The standard InChI is InChI=1S/C18H25F3N2O3/c1-6-26-16(25)17(18(19,20)21,23-15(24)9-11(2)3)22-14-8-7-12(4)13(5)10-14/h7-8,10-11,22H,6,9H2,1-5H3,(H,23,24)/t17-/m0/s1. The van der Waals surface area contributed by atoms with Gasteiger partial charge in [0.2, 0.25) is 5.91 Å². The van der Waals surface area contributed by atoms with E-state index in [9.17, 15) is 22.8 Å². The highest BCUT2D eigenvalue weighted by Gasteiger charge is 2.63. The average molecular weight is 374 g/mol. The second-order valence-corrected chi connectivity index (χ2v) is 6.54. The van der Waals surface area contributed by atoms with Crippen molar-refractivity contribution in [3.63, 3.8) is 0 Å². The molecule has 1 rings (SSSR count). The zero-order valence-corrected chi connectivity index (χ0v) is 15.6. The second-order valence-electron chi connectivity index (χ2n) is 6.54. The number of ether oxygens (including phenoxy) is 1. The van der Waals surface area contributed by atoms with Crippen molar-refractivity contribution < 1.29 is 27.5 Å². The minimum absolute atomic E-state index is 0.0447. The van der Waals surface area contributed by atoms with Gasteiger partial charge in [0.05, 0.1) is 6.61 Å². The molecule has 5 nitrogen and oxygen atoms in total. The van der Waals surface area contributed by atoms with Crippen molar-refractivity contribution in [3.8, 4) is 0 Å². The number of hydrogen-bond donors (Lipinski definition) is 2. The predicted octanol–water partition coefficient (Wildman–Crippen LogP) is 3.70. The van der Waals surface area contributed by atoms with Crippen molar-refractivity contribution in [2.75, 3.05) is 11.9 Å². The Labute approximate surface area is 151 Å². The topological polar surface area (TPSA) is 67.4 Å². The Hall–Kier alpha value is -2.25. The molecule has 1 atom stereocenters. The Bertz CT molecular complexity index is 660. The molecule has 2 N–H and O–H groups in total. The molecule has 0 fully saturated rings. The van der Waals surface area contributed by atoms with Crippen molar-refractivity contribution >= 4 is 17.6 Å². The lowest BCUT2D eigenvalue weighted by molar-refractivity contribution is -0.208. The van der Waals surface area contributed by atoms with Crippen molar-refractivity contribution in [3.05, 3.63) is 29.3 Å². The van der Waals surface area contributed by atoms with Gasteiger partial charge in [0.1, 0.15) is 0 Å². The zero-order valence-electron chi connectivity index (χ0n) is 15.6. The predicted molar refractivity (Wildman–Crippen MR) is 92.6 cm³/mol. The molecule has 0 saturated heterocycles. The molecule has 146 valence electrons. The lowest BCUT2D eigenvalue weighted by atomic mass is 10.0. The highest BCUT2D eigenvalue weighted by molar-refractivity contribution is 5.91. The van der Waals surface area contributed by atoms with Gasteiger partial charge < -0.3 is 15.4 Å². The molecular weight excluding hydrogens is 349 g/mol. The van der Waals surface area contributed by atoms with Crippen LogP contribution in [0.4, 0.5) is 18.9 Å². The molecule has 26 heavy (non-hydrogen) atoms. The van der Waals surface area contributed by atoms with Gasteiger partial charge in [0, 0.05) is 12.1 Å². The number of nitrogens with one attached hydrogen (secondary N) is 2. The van der Waals surface area contributed by atoms with Gasteiger partial charge >= 0.3 is 17.8 Å². The van der Waals surface area contributed by atoms with Crippen LogP contribution in [-0.2, 0) is 14.3 Å². The van der Waals surface area contributed by atoms with Crippen LogP contribution >= 0.6 is 0 Å². The maximum atomic E-state index is 13.9.